The predicted molar refractivity (Wildman–Crippen MR) is 74.3 cm³/mol. The lowest BCUT2D eigenvalue weighted by Crippen LogP contribution is -1.92. The minimum absolute atomic E-state index is 0.293. The summed E-state index contributed by atoms with van der Waals surface area (Å²) in [6, 6.07) is 10.2. The molecule has 0 unspecified atom stereocenters. The zero-order chi connectivity index (χ0) is 12.5. The van der Waals surface area contributed by atoms with E-state index in [1.807, 2.05) is 11.4 Å². The maximum absolute atomic E-state index is 13.6. The SMILES string of the molecule is Fc1ccccc1Nc1csc2ccc(Cl)nc12. The van der Waals surface area contributed by atoms with E-state index in [4.69, 9.17) is 11.6 Å². The molecule has 2 nitrogen and oxygen atoms in total. The summed E-state index contributed by atoms with van der Waals surface area (Å²) >= 11 is 7.42. The maximum Gasteiger partial charge on any atom is 0.146 e. The van der Waals surface area contributed by atoms with Crippen LogP contribution in [0.2, 0.25) is 5.15 Å². The summed E-state index contributed by atoms with van der Waals surface area (Å²) in [4.78, 5) is 4.25. The predicted octanol–water partition coefficient (Wildman–Crippen LogP) is 4.83. The molecule has 3 rings (SSSR count). The second kappa shape index (κ2) is 4.55. The van der Waals surface area contributed by atoms with Gasteiger partial charge in [0.05, 0.1) is 16.1 Å². The first-order valence-electron chi connectivity index (χ1n) is 5.29. The van der Waals surface area contributed by atoms with E-state index in [-0.39, 0.29) is 5.82 Å². The Kier molecular flexibility index (Phi) is 2.89. The Labute approximate surface area is 112 Å². The average molecular weight is 279 g/mol. The van der Waals surface area contributed by atoms with Crippen molar-refractivity contribution in [2.45, 2.75) is 0 Å². The molecule has 3 aromatic rings. The molecule has 1 aromatic carbocycles. The van der Waals surface area contributed by atoms with Crippen molar-refractivity contribution >= 4 is 44.5 Å². The molecule has 0 fully saturated rings. The number of hydrogen-bond donors (Lipinski definition) is 1. The molecule has 0 saturated carbocycles. The van der Waals surface area contributed by atoms with Crippen molar-refractivity contribution in [2.75, 3.05) is 5.32 Å². The van der Waals surface area contributed by atoms with E-state index in [1.54, 1.807) is 35.6 Å². The molecule has 2 aromatic heterocycles. The monoisotopic (exact) mass is 278 g/mol. The van der Waals surface area contributed by atoms with Gasteiger partial charge in [-0.1, -0.05) is 23.7 Å². The Hall–Kier alpha value is -1.65. The van der Waals surface area contributed by atoms with Crippen LogP contribution >= 0.6 is 22.9 Å². The van der Waals surface area contributed by atoms with E-state index < -0.39 is 0 Å². The van der Waals surface area contributed by atoms with Crippen LogP contribution in [0.3, 0.4) is 0 Å². The number of nitrogens with one attached hydrogen (secondary N) is 1. The fraction of sp³-hybridized carbons (Fsp3) is 0. The molecule has 1 N–H and O–H groups in total. The Morgan fingerprint density at radius 2 is 1.94 bits per heavy atom. The molecular formula is C13H8ClFN2S. The van der Waals surface area contributed by atoms with Gasteiger partial charge in [-0.05, 0) is 24.3 Å². The van der Waals surface area contributed by atoms with Crippen molar-refractivity contribution in [3.05, 3.63) is 52.7 Å². The number of aromatic nitrogens is 1. The van der Waals surface area contributed by atoms with Crippen molar-refractivity contribution in [2.24, 2.45) is 0 Å². The Bertz CT molecular complexity index is 711. The summed E-state index contributed by atoms with van der Waals surface area (Å²) in [5, 5.41) is 5.37. The van der Waals surface area contributed by atoms with E-state index >= 15 is 0 Å². The normalized spacial score (nSPS) is 10.8. The molecule has 0 radical (unpaired) electrons. The number of thiophene rings is 1. The summed E-state index contributed by atoms with van der Waals surface area (Å²) in [7, 11) is 0. The lowest BCUT2D eigenvalue weighted by Gasteiger charge is -2.05. The summed E-state index contributed by atoms with van der Waals surface area (Å²) < 4.78 is 14.6. The highest BCUT2D eigenvalue weighted by Gasteiger charge is 2.08. The van der Waals surface area contributed by atoms with Gasteiger partial charge in [-0.25, -0.2) is 9.37 Å². The number of hydrogen-bond acceptors (Lipinski definition) is 3. The third-order valence-corrected chi connectivity index (χ3v) is 3.67. The number of halogens is 2. The molecule has 5 heteroatoms. The van der Waals surface area contributed by atoms with Gasteiger partial charge in [-0.15, -0.1) is 11.3 Å². The van der Waals surface area contributed by atoms with Gasteiger partial charge in [0.1, 0.15) is 16.5 Å². The van der Waals surface area contributed by atoms with Gasteiger partial charge in [-0.2, -0.15) is 0 Å². The zero-order valence-electron chi connectivity index (χ0n) is 9.15. The minimum Gasteiger partial charge on any atom is -0.351 e. The Balaban J connectivity index is 2.05. The van der Waals surface area contributed by atoms with Crippen LogP contribution < -0.4 is 5.32 Å². The number of anilines is 2. The first-order chi connectivity index (χ1) is 8.74. The topological polar surface area (TPSA) is 24.9 Å². The average Bonchev–Trinajstić information content (AvgIpc) is 2.75. The molecule has 0 spiro atoms. The number of nitrogens with zero attached hydrogens (tertiary/aromatic N) is 1. The van der Waals surface area contributed by atoms with Crippen LogP contribution in [-0.4, -0.2) is 4.98 Å². The fourth-order valence-electron chi connectivity index (χ4n) is 1.69. The van der Waals surface area contributed by atoms with Crippen LogP contribution in [0, 0.1) is 5.82 Å². The van der Waals surface area contributed by atoms with Gasteiger partial charge in [0.25, 0.3) is 0 Å². The van der Waals surface area contributed by atoms with E-state index in [0.29, 0.717) is 10.8 Å². The summed E-state index contributed by atoms with van der Waals surface area (Å²) in [6.07, 6.45) is 0. The number of para-hydroxylation sites is 1. The number of pyridine rings is 1. The highest BCUT2D eigenvalue weighted by atomic mass is 35.5. The number of fused-ring (bicyclic) bond motifs is 1. The van der Waals surface area contributed by atoms with Crippen LogP contribution in [0.1, 0.15) is 0 Å². The standard InChI is InChI=1S/C13H8ClFN2S/c14-12-6-5-11-13(17-12)10(7-18-11)16-9-4-2-1-3-8(9)15/h1-7,16H. The molecule has 0 aliphatic carbocycles. The summed E-state index contributed by atoms with van der Waals surface area (Å²) in [6.45, 7) is 0. The van der Waals surface area contributed by atoms with Crippen molar-refractivity contribution in [1.82, 2.24) is 4.98 Å². The van der Waals surface area contributed by atoms with Crippen LogP contribution in [-0.2, 0) is 0 Å². The quantitative estimate of drug-likeness (QED) is 0.679. The third kappa shape index (κ3) is 2.05. The van der Waals surface area contributed by atoms with Gasteiger partial charge in [0.2, 0.25) is 0 Å². The number of benzene rings is 1. The van der Waals surface area contributed by atoms with Crippen LogP contribution in [0.5, 0.6) is 0 Å². The van der Waals surface area contributed by atoms with Crippen LogP contribution in [0.25, 0.3) is 10.2 Å². The molecule has 90 valence electrons. The van der Waals surface area contributed by atoms with E-state index in [2.05, 4.69) is 10.3 Å². The van der Waals surface area contributed by atoms with E-state index in [9.17, 15) is 4.39 Å². The van der Waals surface area contributed by atoms with Gasteiger partial charge in [-0.3, -0.25) is 0 Å². The van der Waals surface area contributed by atoms with Crippen molar-refractivity contribution in [3.63, 3.8) is 0 Å². The van der Waals surface area contributed by atoms with Gasteiger partial charge in [0.15, 0.2) is 0 Å². The molecule has 0 atom stereocenters. The van der Waals surface area contributed by atoms with Crippen LogP contribution in [0.4, 0.5) is 15.8 Å². The van der Waals surface area contributed by atoms with Gasteiger partial charge in [0, 0.05) is 5.38 Å². The Morgan fingerprint density at radius 1 is 1.11 bits per heavy atom. The van der Waals surface area contributed by atoms with Crippen molar-refractivity contribution in [3.8, 4) is 0 Å². The van der Waals surface area contributed by atoms with Crippen LogP contribution in [0.15, 0.2) is 41.8 Å². The van der Waals surface area contributed by atoms with E-state index in [1.165, 1.54) is 6.07 Å². The first kappa shape index (κ1) is 11.4. The Morgan fingerprint density at radius 3 is 2.78 bits per heavy atom. The lowest BCUT2D eigenvalue weighted by molar-refractivity contribution is 0.632. The molecule has 18 heavy (non-hydrogen) atoms. The molecule has 2 heterocycles. The molecule has 0 bridgehead atoms. The fourth-order valence-corrected chi connectivity index (χ4v) is 2.66. The third-order valence-electron chi connectivity index (χ3n) is 2.53. The largest absolute Gasteiger partial charge is 0.351 e. The number of rotatable bonds is 2. The van der Waals surface area contributed by atoms with Gasteiger partial charge >= 0.3 is 0 Å². The van der Waals surface area contributed by atoms with Gasteiger partial charge < -0.3 is 5.32 Å². The molecular weight excluding hydrogens is 271 g/mol. The smallest absolute Gasteiger partial charge is 0.146 e. The molecule has 0 aliphatic rings. The first-order valence-corrected chi connectivity index (χ1v) is 6.55. The summed E-state index contributed by atoms with van der Waals surface area (Å²) in [5.41, 5.74) is 1.96. The second-order valence-corrected chi connectivity index (χ2v) is 5.03. The van der Waals surface area contributed by atoms with E-state index in [0.717, 1.165) is 15.9 Å². The molecule has 0 aliphatic heterocycles. The van der Waals surface area contributed by atoms with Crippen molar-refractivity contribution in [1.29, 1.82) is 0 Å². The maximum atomic E-state index is 13.6. The van der Waals surface area contributed by atoms with Crippen molar-refractivity contribution < 1.29 is 4.39 Å². The molecule has 0 saturated heterocycles. The second-order valence-electron chi connectivity index (χ2n) is 3.73. The molecule has 0 amide bonds. The highest BCUT2D eigenvalue weighted by Crippen LogP contribution is 2.32. The zero-order valence-corrected chi connectivity index (χ0v) is 10.7. The lowest BCUT2D eigenvalue weighted by atomic mass is 10.3. The summed E-state index contributed by atoms with van der Waals surface area (Å²) in [5.74, 6) is -0.293. The minimum atomic E-state index is -0.293. The highest BCUT2D eigenvalue weighted by molar-refractivity contribution is 7.17.